The highest BCUT2D eigenvalue weighted by Crippen LogP contribution is 2.19. The summed E-state index contributed by atoms with van der Waals surface area (Å²) >= 11 is 0. The van der Waals surface area contributed by atoms with E-state index in [1.54, 1.807) is 0 Å². The average molecular weight is 133 g/mol. The molecule has 0 amide bonds. The van der Waals surface area contributed by atoms with E-state index in [1.165, 1.54) is 6.42 Å². The molecule has 0 aromatic carbocycles. The van der Waals surface area contributed by atoms with Gasteiger partial charge in [0.1, 0.15) is 0 Å². The lowest BCUT2D eigenvalue weighted by Gasteiger charge is -2.11. The van der Waals surface area contributed by atoms with Crippen LogP contribution in [-0.4, -0.2) is 18.4 Å². The van der Waals surface area contributed by atoms with E-state index in [0.29, 0.717) is 18.7 Å². The molecule has 1 aliphatic heterocycles. The van der Waals surface area contributed by atoms with Crippen molar-refractivity contribution in [2.75, 3.05) is 6.61 Å². The maximum absolute atomic E-state index is 7.07. The zero-order valence-corrected chi connectivity index (χ0v) is 6.12. The molecular formula is C6H13OP. The topological polar surface area (TPSA) is 9.23 Å². The van der Waals surface area contributed by atoms with E-state index < -0.39 is 0 Å². The first kappa shape index (κ1) is 5.20. The van der Waals surface area contributed by atoms with Crippen molar-refractivity contribution in [3.63, 3.8) is 0 Å². The molecule has 1 aliphatic rings. The van der Waals surface area contributed by atoms with Gasteiger partial charge in [0.15, 0.2) is 0 Å². The fourth-order valence-corrected chi connectivity index (χ4v) is 1.24. The second kappa shape index (κ2) is 2.80. The predicted octanol–water partition coefficient (Wildman–Crippen LogP) is 1.43. The Bertz CT molecular complexity index is 83.1. The van der Waals surface area contributed by atoms with Crippen LogP contribution < -0.4 is 0 Å². The van der Waals surface area contributed by atoms with Crippen molar-refractivity contribution >= 4 is 9.24 Å². The normalized spacial score (nSPS) is 34.6. The highest BCUT2D eigenvalue weighted by Gasteiger charge is 2.18. The molecule has 48 valence electrons. The first-order valence-corrected chi connectivity index (χ1v) is 3.67. The molecule has 0 radical (unpaired) electrons. The van der Waals surface area contributed by atoms with Crippen LogP contribution in [0.25, 0.3) is 0 Å². The van der Waals surface area contributed by atoms with Gasteiger partial charge in [0, 0.05) is 7.98 Å². The molecule has 0 bridgehead atoms. The molecule has 0 aromatic rings. The minimum atomic E-state index is 0.354. The Morgan fingerprint density at radius 3 is 3.38 bits per heavy atom. The Kier molecular flexibility index (Phi) is 1.82. The molecule has 0 spiro atoms. The Morgan fingerprint density at radius 1 is 2.00 bits per heavy atom. The highest BCUT2D eigenvalue weighted by atomic mass is 31.0. The Balaban J connectivity index is 2.24. The molecule has 0 saturated carbocycles. The fraction of sp³-hybridized carbons (Fsp3) is 1.00. The van der Waals surface area contributed by atoms with Crippen LogP contribution in [0.4, 0.5) is 0 Å². The predicted molar refractivity (Wildman–Crippen MR) is 38.1 cm³/mol. The summed E-state index contributed by atoms with van der Waals surface area (Å²) in [7, 11) is 2.67. The molecule has 3 unspecified atom stereocenters. The standard InChI is InChI=1S/C6H13OP/c1-5(8)6-3-2-4-7-6/h5-6H,2-4,8H2,1H3/i1D. The third kappa shape index (κ3) is 1.43. The third-order valence-corrected chi connectivity index (χ3v) is 1.87. The van der Waals surface area contributed by atoms with Crippen LogP contribution in [0.3, 0.4) is 0 Å². The summed E-state index contributed by atoms with van der Waals surface area (Å²) in [6.45, 7) is 1.37. The summed E-state index contributed by atoms with van der Waals surface area (Å²) in [4.78, 5) is 0. The van der Waals surface area contributed by atoms with Crippen LogP contribution in [-0.2, 0) is 4.74 Å². The van der Waals surface area contributed by atoms with E-state index in [-0.39, 0.29) is 0 Å². The van der Waals surface area contributed by atoms with E-state index in [4.69, 9.17) is 6.11 Å². The number of ether oxygens (including phenoxy) is 1. The lowest BCUT2D eigenvalue weighted by Crippen LogP contribution is -2.14. The molecule has 2 heteroatoms. The zero-order chi connectivity index (χ0) is 6.69. The third-order valence-electron chi connectivity index (χ3n) is 1.44. The molecule has 1 saturated heterocycles. The van der Waals surface area contributed by atoms with Crippen LogP contribution >= 0.6 is 9.24 Å². The van der Waals surface area contributed by atoms with Crippen molar-refractivity contribution in [2.24, 2.45) is 0 Å². The zero-order valence-electron chi connectivity index (χ0n) is 5.97. The molecular weight excluding hydrogens is 119 g/mol. The van der Waals surface area contributed by atoms with Crippen molar-refractivity contribution in [2.45, 2.75) is 31.5 Å². The van der Waals surface area contributed by atoms with Gasteiger partial charge in [-0.25, -0.2) is 0 Å². The second-order valence-corrected chi connectivity index (χ2v) is 3.07. The van der Waals surface area contributed by atoms with E-state index in [0.717, 1.165) is 13.0 Å². The smallest absolute Gasteiger partial charge is 0.0635 e. The minimum Gasteiger partial charge on any atom is -0.378 e. The molecule has 0 aromatic heterocycles. The maximum Gasteiger partial charge on any atom is 0.0635 e. The summed E-state index contributed by atoms with van der Waals surface area (Å²) in [5.41, 5.74) is 0.354. The first-order valence-electron chi connectivity index (χ1n) is 3.71. The molecule has 1 fully saturated rings. The molecule has 0 aliphatic carbocycles. The lowest BCUT2D eigenvalue weighted by atomic mass is 10.2. The van der Waals surface area contributed by atoms with E-state index in [2.05, 4.69) is 9.24 Å². The highest BCUT2D eigenvalue weighted by molar-refractivity contribution is 7.17. The van der Waals surface area contributed by atoms with Gasteiger partial charge in [-0.1, -0.05) is 6.90 Å². The lowest BCUT2D eigenvalue weighted by molar-refractivity contribution is 0.112. The summed E-state index contributed by atoms with van der Waals surface area (Å²) in [6, 6.07) is 0. The van der Waals surface area contributed by atoms with Gasteiger partial charge in [-0.2, -0.15) is 0 Å². The summed E-state index contributed by atoms with van der Waals surface area (Å²) in [5.74, 6) is 0. The van der Waals surface area contributed by atoms with Crippen molar-refractivity contribution in [1.29, 1.82) is 0 Å². The van der Waals surface area contributed by atoms with E-state index in [1.807, 2.05) is 0 Å². The number of rotatable bonds is 1. The Labute approximate surface area is 54.4 Å². The molecule has 1 rings (SSSR count). The monoisotopic (exact) mass is 133 g/mol. The molecule has 1 heterocycles. The fourth-order valence-electron chi connectivity index (χ4n) is 0.940. The van der Waals surface area contributed by atoms with Gasteiger partial charge < -0.3 is 4.74 Å². The molecule has 8 heavy (non-hydrogen) atoms. The first-order chi connectivity index (χ1) is 4.34. The SMILES string of the molecule is [2H]CC(P)C1CCCO1. The van der Waals surface area contributed by atoms with Crippen LogP contribution in [0.1, 0.15) is 21.1 Å². The molecule has 1 nitrogen and oxygen atoms in total. The average Bonchev–Trinajstić information content (AvgIpc) is 2.37. The number of hydrogen-bond donors (Lipinski definition) is 0. The quantitative estimate of drug-likeness (QED) is 0.492. The van der Waals surface area contributed by atoms with Crippen molar-refractivity contribution < 1.29 is 6.11 Å². The summed E-state index contributed by atoms with van der Waals surface area (Å²) in [5, 5.41) is 0. The van der Waals surface area contributed by atoms with Crippen molar-refractivity contribution in [1.82, 2.24) is 0 Å². The van der Waals surface area contributed by atoms with Gasteiger partial charge in [-0.3, -0.25) is 0 Å². The van der Waals surface area contributed by atoms with Crippen LogP contribution in [0, 0.1) is 0 Å². The van der Waals surface area contributed by atoms with Crippen molar-refractivity contribution in [3.05, 3.63) is 0 Å². The van der Waals surface area contributed by atoms with E-state index in [9.17, 15) is 0 Å². The molecule has 3 atom stereocenters. The minimum absolute atomic E-state index is 0.354. The van der Waals surface area contributed by atoms with Crippen LogP contribution in [0.2, 0.25) is 0 Å². The van der Waals surface area contributed by atoms with Gasteiger partial charge in [-0.15, -0.1) is 9.24 Å². The summed E-state index contributed by atoms with van der Waals surface area (Å²) in [6.07, 6.45) is 2.68. The largest absolute Gasteiger partial charge is 0.378 e. The van der Waals surface area contributed by atoms with Gasteiger partial charge in [0.25, 0.3) is 0 Å². The van der Waals surface area contributed by atoms with Gasteiger partial charge in [-0.05, 0) is 18.5 Å². The van der Waals surface area contributed by atoms with Gasteiger partial charge in [0.05, 0.1) is 6.10 Å². The number of hydrogen-bond acceptors (Lipinski definition) is 1. The van der Waals surface area contributed by atoms with Gasteiger partial charge >= 0.3 is 0 Å². The summed E-state index contributed by atoms with van der Waals surface area (Å²) < 4.78 is 12.4. The van der Waals surface area contributed by atoms with Crippen LogP contribution in [0.15, 0.2) is 0 Å². The maximum atomic E-state index is 7.07. The Hall–Kier alpha value is 0.390. The van der Waals surface area contributed by atoms with Gasteiger partial charge in [0.2, 0.25) is 0 Å². The van der Waals surface area contributed by atoms with E-state index >= 15 is 0 Å². The van der Waals surface area contributed by atoms with Crippen LogP contribution in [0.5, 0.6) is 0 Å². The Morgan fingerprint density at radius 2 is 2.88 bits per heavy atom. The van der Waals surface area contributed by atoms with Crippen molar-refractivity contribution in [3.8, 4) is 0 Å². The second-order valence-electron chi connectivity index (χ2n) is 2.22. The molecule has 0 N–H and O–H groups in total.